The van der Waals surface area contributed by atoms with E-state index in [-0.39, 0.29) is 11.6 Å². The van der Waals surface area contributed by atoms with Crippen LogP contribution in [0.25, 0.3) is 0 Å². The molecule has 0 spiro atoms. The van der Waals surface area contributed by atoms with Gasteiger partial charge in [0.1, 0.15) is 5.60 Å². The molecule has 1 aliphatic carbocycles. The number of ether oxygens (including phenoxy) is 1. The van der Waals surface area contributed by atoms with Crippen molar-refractivity contribution in [1.82, 2.24) is 15.6 Å². The molecule has 2 N–H and O–H groups in total. The lowest BCUT2D eigenvalue weighted by Gasteiger charge is -2.32. The largest absolute Gasteiger partial charge is 0.444 e. The van der Waals surface area contributed by atoms with Gasteiger partial charge in [-0.1, -0.05) is 0 Å². The number of carbonyl (C=O) groups is 1. The van der Waals surface area contributed by atoms with E-state index in [9.17, 15) is 4.79 Å². The molecule has 5 nitrogen and oxygen atoms in total. The molecular formula is C17H29N3O2S. The van der Waals surface area contributed by atoms with Crippen LogP contribution in [0.15, 0.2) is 0 Å². The van der Waals surface area contributed by atoms with Crippen LogP contribution in [0.2, 0.25) is 0 Å². The molecule has 1 heterocycles. The van der Waals surface area contributed by atoms with Crippen LogP contribution in [0.1, 0.15) is 56.1 Å². The fourth-order valence-electron chi connectivity index (χ4n) is 2.66. The Balaban J connectivity index is 1.91. The molecule has 1 aliphatic rings. The molecule has 130 valence electrons. The molecule has 2 rings (SSSR count). The molecular weight excluding hydrogens is 310 g/mol. The van der Waals surface area contributed by atoms with E-state index in [1.165, 1.54) is 17.7 Å². The van der Waals surface area contributed by atoms with Gasteiger partial charge in [0.2, 0.25) is 0 Å². The first-order valence-electron chi connectivity index (χ1n) is 8.24. The molecule has 1 aromatic rings. The average molecular weight is 340 g/mol. The van der Waals surface area contributed by atoms with Crippen LogP contribution in [0.3, 0.4) is 0 Å². The maximum absolute atomic E-state index is 11.9. The predicted octanol–water partition coefficient (Wildman–Crippen LogP) is 3.54. The van der Waals surface area contributed by atoms with Crippen molar-refractivity contribution in [2.45, 2.75) is 72.1 Å². The fourth-order valence-corrected chi connectivity index (χ4v) is 3.54. The fraction of sp³-hybridized carbons (Fsp3) is 0.765. The van der Waals surface area contributed by atoms with Gasteiger partial charge in [0.25, 0.3) is 0 Å². The Morgan fingerprint density at radius 2 is 1.96 bits per heavy atom. The Morgan fingerprint density at radius 1 is 1.30 bits per heavy atom. The summed E-state index contributed by atoms with van der Waals surface area (Å²) in [4.78, 5) is 17.7. The minimum absolute atomic E-state index is 0.110. The van der Waals surface area contributed by atoms with E-state index in [1.54, 1.807) is 11.3 Å². The van der Waals surface area contributed by atoms with Crippen molar-refractivity contribution in [1.29, 1.82) is 0 Å². The van der Waals surface area contributed by atoms with Crippen molar-refractivity contribution in [2.75, 3.05) is 6.54 Å². The van der Waals surface area contributed by atoms with Crippen LogP contribution in [0, 0.1) is 19.8 Å². The van der Waals surface area contributed by atoms with E-state index >= 15 is 0 Å². The number of aryl methyl sites for hydroxylation is 2. The van der Waals surface area contributed by atoms with Crippen LogP contribution in [-0.2, 0) is 11.3 Å². The summed E-state index contributed by atoms with van der Waals surface area (Å²) in [6.45, 7) is 13.3. The minimum Gasteiger partial charge on any atom is -0.444 e. The van der Waals surface area contributed by atoms with Crippen molar-refractivity contribution < 1.29 is 9.53 Å². The first-order chi connectivity index (χ1) is 10.6. The molecule has 1 amide bonds. The molecule has 0 aromatic carbocycles. The van der Waals surface area contributed by atoms with Crippen molar-refractivity contribution in [3.63, 3.8) is 0 Å². The molecule has 0 unspecified atom stereocenters. The second kappa shape index (κ2) is 6.77. The van der Waals surface area contributed by atoms with Crippen LogP contribution < -0.4 is 10.6 Å². The van der Waals surface area contributed by atoms with Crippen molar-refractivity contribution in [3.05, 3.63) is 15.6 Å². The van der Waals surface area contributed by atoms with Gasteiger partial charge in [0, 0.05) is 23.5 Å². The smallest absolute Gasteiger partial charge is 0.407 e. The molecule has 1 saturated carbocycles. The van der Waals surface area contributed by atoms with Gasteiger partial charge in [-0.3, -0.25) is 0 Å². The highest BCUT2D eigenvalue weighted by atomic mass is 32.1. The van der Waals surface area contributed by atoms with Crippen LogP contribution in [-0.4, -0.2) is 28.8 Å². The average Bonchev–Trinajstić information content (AvgIpc) is 3.19. The third-order valence-corrected chi connectivity index (χ3v) is 5.20. The van der Waals surface area contributed by atoms with Crippen LogP contribution in [0.4, 0.5) is 4.79 Å². The SMILES string of the molecule is Cc1nc(C)c(CN[C@](C)(CNC(=O)OC(C)(C)C)C2CC2)s1. The Morgan fingerprint density at radius 3 is 2.43 bits per heavy atom. The van der Waals surface area contributed by atoms with Gasteiger partial charge in [-0.15, -0.1) is 11.3 Å². The van der Waals surface area contributed by atoms with Gasteiger partial charge < -0.3 is 15.4 Å². The summed E-state index contributed by atoms with van der Waals surface area (Å²) in [6, 6.07) is 0. The highest BCUT2D eigenvalue weighted by molar-refractivity contribution is 7.11. The highest BCUT2D eigenvalue weighted by Crippen LogP contribution is 2.39. The van der Waals surface area contributed by atoms with Gasteiger partial charge >= 0.3 is 6.09 Å². The number of alkyl carbamates (subject to hydrolysis) is 1. The second-order valence-corrected chi connectivity index (χ2v) is 8.93. The summed E-state index contributed by atoms with van der Waals surface area (Å²) in [6.07, 6.45) is 2.07. The van der Waals surface area contributed by atoms with Crippen molar-refractivity contribution in [2.24, 2.45) is 5.92 Å². The number of hydrogen-bond donors (Lipinski definition) is 2. The third-order valence-electron chi connectivity index (χ3n) is 4.13. The summed E-state index contributed by atoms with van der Waals surface area (Å²) in [7, 11) is 0. The van der Waals surface area contributed by atoms with E-state index in [1.807, 2.05) is 34.6 Å². The Kier molecular flexibility index (Phi) is 5.36. The van der Waals surface area contributed by atoms with E-state index in [2.05, 4.69) is 22.5 Å². The third kappa shape index (κ3) is 5.46. The van der Waals surface area contributed by atoms with E-state index < -0.39 is 5.60 Å². The Bertz CT molecular complexity index is 561. The first kappa shape index (κ1) is 18.2. The lowest BCUT2D eigenvalue weighted by Crippen LogP contribution is -2.53. The number of rotatable bonds is 6. The summed E-state index contributed by atoms with van der Waals surface area (Å²) in [5, 5.41) is 7.66. The van der Waals surface area contributed by atoms with Gasteiger partial charge in [0.15, 0.2) is 0 Å². The Labute approximate surface area is 143 Å². The zero-order valence-corrected chi connectivity index (χ0v) is 15.9. The van der Waals surface area contributed by atoms with Gasteiger partial charge in [0.05, 0.1) is 10.7 Å². The maximum atomic E-state index is 11.9. The Hall–Kier alpha value is -1.14. The molecule has 0 bridgehead atoms. The van der Waals surface area contributed by atoms with Gasteiger partial charge in [-0.25, -0.2) is 9.78 Å². The molecule has 0 radical (unpaired) electrons. The zero-order chi connectivity index (χ0) is 17.3. The monoisotopic (exact) mass is 339 g/mol. The molecule has 1 fully saturated rings. The first-order valence-corrected chi connectivity index (χ1v) is 9.05. The molecule has 6 heteroatoms. The normalized spacial score (nSPS) is 17.7. The standard InChI is InChI=1S/C17H29N3O2S/c1-11-14(23-12(2)20-11)9-19-17(6,13-7-8-13)10-18-15(21)22-16(3,4)5/h13,19H,7-10H2,1-6H3,(H,18,21)/t17-/m1/s1. The summed E-state index contributed by atoms with van der Waals surface area (Å²) >= 11 is 1.73. The minimum atomic E-state index is -0.467. The lowest BCUT2D eigenvalue weighted by molar-refractivity contribution is 0.0507. The molecule has 1 aromatic heterocycles. The quantitative estimate of drug-likeness (QED) is 0.832. The number of nitrogens with one attached hydrogen (secondary N) is 2. The van der Waals surface area contributed by atoms with Gasteiger partial charge in [-0.05, 0) is 60.3 Å². The molecule has 0 aliphatic heterocycles. The lowest BCUT2D eigenvalue weighted by atomic mass is 9.95. The topological polar surface area (TPSA) is 63.2 Å². The van der Waals surface area contributed by atoms with E-state index in [0.717, 1.165) is 17.2 Å². The van der Waals surface area contributed by atoms with Crippen molar-refractivity contribution >= 4 is 17.4 Å². The van der Waals surface area contributed by atoms with Crippen molar-refractivity contribution in [3.8, 4) is 0 Å². The number of amides is 1. The maximum Gasteiger partial charge on any atom is 0.407 e. The molecule has 0 saturated heterocycles. The van der Waals surface area contributed by atoms with Crippen LogP contribution >= 0.6 is 11.3 Å². The zero-order valence-electron chi connectivity index (χ0n) is 15.1. The predicted molar refractivity (Wildman–Crippen MR) is 93.8 cm³/mol. The number of hydrogen-bond acceptors (Lipinski definition) is 5. The summed E-state index contributed by atoms with van der Waals surface area (Å²) in [5.74, 6) is 0.603. The summed E-state index contributed by atoms with van der Waals surface area (Å²) in [5.41, 5.74) is 0.518. The number of carbonyl (C=O) groups excluding carboxylic acids is 1. The van der Waals surface area contributed by atoms with Gasteiger partial charge in [-0.2, -0.15) is 0 Å². The van der Waals surface area contributed by atoms with Crippen LogP contribution in [0.5, 0.6) is 0 Å². The van der Waals surface area contributed by atoms with E-state index in [0.29, 0.717) is 12.5 Å². The number of nitrogens with zero attached hydrogens (tertiary/aromatic N) is 1. The highest BCUT2D eigenvalue weighted by Gasteiger charge is 2.41. The number of thiazole rings is 1. The molecule has 1 atom stereocenters. The number of aromatic nitrogens is 1. The molecule has 23 heavy (non-hydrogen) atoms. The second-order valence-electron chi connectivity index (χ2n) is 7.64. The summed E-state index contributed by atoms with van der Waals surface area (Å²) < 4.78 is 5.33. The van der Waals surface area contributed by atoms with E-state index in [4.69, 9.17) is 4.74 Å².